The highest BCUT2D eigenvalue weighted by atomic mass is 16.6. The van der Waals surface area contributed by atoms with Gasteiger partial charge in [-0.05, 0) is 111 Å². The Morgan fingerprint density at radius 3 is 1.73 bits per heavy atom. The predicted molar refractivity (Wildman–Crippen MR) is 237 cm³/mol. The molecule has 0 amide bonds. The van der Waals surface area contributed by atoms with E-state index in [1.807, 2.05) is 24.3 Å². The molecule has 0 saturated carbocycles. The normalized spacial score (nSPS) is 13.5. The number of para-hydroxylation sites is 2. The Morgan fingerprint density at radius 2 is 0.949 bits per heavy atom. The second-order valence-electron chi connectivity index (χ2n) is 15.6. The first-order chi connectivity index (χ1) is 29.2. The van der Waals surface area contributed by atoms with Gasteiger partial charge in [0.1, 0.15) is 11.2 Å². The van der Waals surface area contributed by atoms with Crippen molar-refractivity contribution in [3.63, 3.8) is 0 Å². The molecule has 4 heteroatoms. The fourth-order valence-corrected chi connectivity index (χ4v) is 10.1. The maximum Gasteiger partial charge on any atom is 0.178 e. The van der Waals surface area contributed by atoms with Crippen molar-refractivity contribution in [1.29, 1.82) is 0 Å². The minimum absolute atomic E-state index is 0.465. The third-order valence-corrected chi connectivity index (χ3v) is 12.5. The van der Waals surface area contributed by atoms with E-state index in [-0.39, 0.29) is 0 Å². The van der Waals surface area contributed by atoms with Crippen molar-refractivity contribution in [3.05, 3.63) is 222 Å². The summed E-state index contributed by atoms with van der Waals surface area (Å²) in [4.78, 5) is 2.26. The van der Waals surface area contributed by atoms with Crippen LogP contribution in [0.2, 0.25) is 0 Å². The Hall–Kier alpha value is -7.82. The summed E-state index contributed by atoms with van der Waals surface area (Å²) >= 11 is 0. The predicted octanol–water partition coefficient (Wildman–Crippen LogP) is 15.0. The van der Waals surface area contributed by atoms with Gasteiger partial charge in [-0.3, -0.25) is 0 Å². The van der Waals surface area contributed by atoms with Crippen LogP contribution in [0.25, 0.3) is 55.3 Å². The molecule has 0 atom stereocenters. The standard InChI is InChI=1S/C55H33NO3/c1-2-12-36(13-3-1)56(37-25-22-34(23-26-37)35-24-28-42-41-16-7-11-21-48(41)57-51(42)32-35)38-27-30-49-52(33-38)59-54-50(58-49)31-29-47-53(54)43-17-6-10-20-46(43)55(47)44-18-8-4-14-39(44)40-15-5-9-19-45(40)55/h1-33H. The number of rotatable bonds is 4. The Labute approximate surface area is 340 Å². The second kappa shape index (κ2) is 12.1. The molecular formula is C55H33NO3. The number of fused-ring (bicyclic) bond motifs is 16. The van der Waals surface area contributed by atoms with Crippen molar-refractivity contribution in [3.8, 4) is 56.4 Å². The van der Waals surface area contributed by atoms with Gasteiger partial charge in [0.25, 0.3) is 0 Å². The van der Waals surface area contributed by atoms with Crippen molar-refractivity contribution in [2.24, 2.45) is 0 Å². The first-order valence-electron chi connectivity index (χ1n) is 20.1. The quantitative estimate of drug-likeness (QED) is 0.179. The first-order valence-corrected chi connectivity index (χ1v) is 20.1. The van der Waals surface area contributed by atoms with E-state index in [0.717, 1.165) is 61.4 Å². The molecule has 4 nitrogen and oxygen atoms in total. The van der Waals surface area contributed by atoms with Gasteiger partial charge in [-0.25, -0.2) is 0 Å². The topological polar surface area (TPSA) is 34.8 Å². The lowest BCUT2D eigenvalue weighted by Gasteiger charge is -2.31. The number of nitrogens with zero attached hydrogens (tertiary/aromatic N) is 1. The summed E-state index contributed by atoms with van der Waals surface area (Å²) in [5.41, 5.74) is 16.4. The molecular weight excluding hydrogens is 723 g/mol. The highest BCUT2D eigenvalue weighted by molar-refractivity contribution is 6.06. The zero-order valence-corrected chi connectivity index (χ0v) is 31.7. The fraction of sp³-hybridized carbons (Fsp3) is 0.0182. The summed E-state index contributed by atoms with van der Waals surface area (Å²) in [7, 11) is 0. The number of benzene rings is 9. The van der Waals surface area contributed by atoms with Gasteiger partial charge in [0.2, 0.25) is 0 Å². The van der Waals surface area contributed by atoms with Crippen LogP contribution in [0, 0.1) is 0 Å². The van der Waals surface area contributed by atoms with Gasteiger partial charge in [-0.2, -0.15) is 0 Å². The lowest BCUT2D eigenvalue weighted by atomic mass is 9.70. The van der Waals surface area contributed by atoms with Crippen LogP contribution in [0.5, 0.6) is 23.0 Å². The van der Waals surface area contributed by atoms with E-state index in [1.54, 1.807) is 0 Å². The van der Waals surface area contributed by atoms with Gasteiger partial charge < -0.3 is 18.8 Å². The molecule has 1 aliphatic heterocycles. The van der Waals surface area contributed by atoms with Crippen molar-refractivity contribution in [2.45, 2.75) is 5.41 Å². The van der Waals surface area contributed by atoms with Gasteiger partial charge in [-0.1, -0.05) is 133 Å². The number of furan rings is 1. The third-order valence-electron chi connectivity index (χ3n) is 12.5. The smallest absolute Gasteiger partial charge is 0.178 e. The van der Waals surface area contributed by atoms with Gasteiger partial charge in [0, 0.05) is 33.8 Å². The molecule has 59 heavy (non-hydrogen) atoms. The van der Waals surface area contributed by atoms with Crippen LogP contribution in [0.3, 0.4) is 0 Å². The Bertz CT molecular complexity index is 3300. The molecule has 2 heterocycles. The van der Waals surface area contributed by atoms with E-state index in [4.69, 9.17) is 13.9 Å². The summed E-state index contributed by atoms with van der Waals surface area (Å²) in [6.07, 6.45) is 0. The van der Waals surface area contributed by atoms with Gasteiger partial charge >= 0.3 is 0 Å². The molecule has 0 unspecified atom stereocenters. The molecule has 3 aliphatic rings. The Morgan fingerprint density at radius 1 is 0.356 bits per heavy atom. The van der Waals surface area contributed by atoms with E-state index >= 15 is 0 Å². The summed E-state index contributed by atoms with van der Waals surface area (Å²) < 4.78 is 20.0. The molecule has 0 fully saturated rings. The maximum atomic E-state index is 7.09. The lowest BCUT2D eigenvalue weighted by molar-refractivity contribution is 0.360. The Kier molecular flexibility index (Phi) is 6.62. The van der Waals surface area contributed by atoms with E-state index in [0.29, 0.717) is 17.2 Å². The van der Waals surface area contributed by atoms with E-state index in [2.05, 4.69) is 181 Å². The van der Waals surface area contributed by atoms with Crippen LogP contribution < -0.4 is 14.4 Å². The molecule has 9 aromatic carbocycles. The molecule has 10 aromatic rings. The number of ether oxygens (including phenoxy) is 2. The molecule has 0 bridgehead atoms. The number of hydrogen-bond acceptors (Lipinski definition) is 4. The van der Waals surface area contributed by atoms with Crippen LogP contribution in [-0.2, 0) is 5.41 Å². The van der Waals surface area contributed by atoms with Crippen LogP contribution >= 0.6 is 0 Å². The molecule has 13 rings (SSSR count). The van der Waals surface area contributed by atoms with E-state index in [1.165, 1.54) is 38.9 Å². The molecule has 0 radical (unpaired) electrons. The van der Waals surface area contributed by atoms with Crippen molar-refractivity contribution in [2.75, 3.05) is 4.90 Å². The Balaban J connectivity index is 0.912. The zero-order chi connectivity index (χ0) is 38.7. The van der Waals surface area contributed by atoms with Crippen LogP contribution in [0.15, 0.2) is 205 Å². The lowest BCUT2D eigenvalue weighted by Crippen LogP contribution is -2.25. The van der Waals surface area contributed by atoms with Crippen LogP contribution in [0.1, 0.15) is 22.3 Å². The minimum Gasteiger partial charge on any atom is -0.456 e. The van der Waals surface area contributed by atoms with Gasteiger partial charge in [0.05, 0.1) is 11.1 Å². The fourth-order valence-electron chi connectivity index (χ4n) is 10.1. The second-order valence-corrected chi connectivity index (χ2v) is 15.6. The van der Waals surface area contributed by atoms with Crippen molar-refractivity contribution in [1.82, 2.24) is 0 Å². The zero-order valence-electron chi connectivity index (χ0n) is 31.7. The van der Waals surface area contributed by atoms with E-state index < -0.39 is 5.41 Å². The van der Waals surface area contributed by atoms with Crippen molar-refractivity contribution < 1.29 is 13.9 Å². The van der Waals surface area contributed by atoms with E-state index in [9.17, 15) is 0 Å². The third kappa shape index (κ3) is 4.48. The molecule has 0 N–H and O–H groups in total. The largest absolute Gasteiger partial charge is 0.456 e. The first kappa shape index (κ1) is 32.3. The molecule has 276 valence electrons. The van der Waals surface area contributed by atoms with Gasteiger partial charge in [-0.15, -0.1) is 0 Å². The summed E-state index contributed by atoms with van der Waals surface area (Å²) in [6.45, 7) is 0. The van der Waals surface area contributed by atoms with Crippen molar-refractivity contribution >= 4 is 39.0 Å². The number of hydrogen-bond donors (Lipinski definition) is 0. The molecule has 2 aliphatic carbocycles. The summed E-state index contributed by atoms with van der Waals surface area (Å²) in [6, 6.07) is 70.9. The highest BCUT2D eigenvalue weighted by Crippen LogP contribution is 2.66. The molecule has 0 saturated heterocycles. The van der Waals surface area contributed by atoms with Crippen LogP contribution in [0.4, 0.5) is 17.1 Å². The number of anilines is 3. The summed E-state index contributed by atoms with van der Waals surface area (Å²) in [5, 5.41) is 2.26. The highest BCUT2D eigenvalue weighted by Gasteiger charge is 2.53. The van der Waals surface area contributed by atoms with Gasteiger partial charge in [0.15, 0.2) is 23.0 Å². The summed E-state index contributed by atoms with van der Waals surface area (Å²) in [5.74, 6) is 2.82. The minimum atomic E-state index is -0.465. The van der Waals surface area contributed by atoms with Crippen LogP contribution in [-0.4, -0.2) is 0 Å². The SMILES string of the molecule is c1ccc(N(c2ccc(-c3ccc4c(c3)oc3ccccc34)cc2)c2ccc3c(c2)Oc2c(ccc4c2-c2ccccc2C42c4ccccc4-c4ccccc42)O3)cc1. The molecule has 1 spiro atoms. The maximum absolute atomic E-state index is 7.09. The average molecular weight is 756 g/mol. The average Bonchev–Trinajstić information content (AvgIpc) is 3.93. The monoisotopic (exact) mass is 755 g/mol. The molecule has 1 aromatic heterocycles.